The van der Waals surface area contributed by atoms with Crippen molar-refractivity contribution in [3.8, 4) is 0 Å². The summed E-state index contributed by atoms with van der Waals surface area (Å²) in [6.45, 7) is 4.51. The number of phosphoric acid groups is 1. The van der Waals surface area contributed by atoms with E-state index in [1.54, 1.807) is 6.08 Å². The van der Waals surface area contributed by atoms with E-state index in [0.29, 0.717) is 17.4 Å². The number of hydrogen-bond acceptors (Lipinski definition) is 6. The highest BCUT2D eigenvalue weighted by Crippen LogP contribution is 2.38. The first-order valence-electron chi connectivity index (χ1n) is 31.9. The van der Waals surface area contributed by atoms with Gasteiger partial charge in [0.2, 0.25) is 5.91 Å². The van der Waals surface area contributed by atoms with Gasteiger partial charge in [0.1, 0.15) is 13.2 Å². The van der Waals surface area contributed by atoms with E-state index in [2.05, 4.69) is 129 Å². The van der Waals surface area contributed by atoms with Crippen LogP contribution in [0.4, 0.5) is 0 Å². The van der Waals surface area contributed by atoms with Crippen molar-refractivity contribution in [2.45, 2.75) is 270 Å². The third-order valence-corrected chi connectivity index (χ3v) is 14.6. The number of amides is 1. The fourth-order valence-corrected chi connectivity index (χ4v) is 9.44. The molecular formula is C69H121N2O6P. The van der Waals surface area contributed by atoms with E-state index in [-0.39, 0.29) is 12.5 Å². The minimum absolute atomic E-state index is 0.00991. The van der Waals surface area contributed by atoms with Gasteiger partial charge in [0.25, 0.3) is 7.82 Å². The summed E-state index contributed by atoms with van der Waals surface area (Å²) < 4.78 is 23.3. The van der Waals surface area contributed by atoms with Crippen molar-refractivity contribution in [3.05, 3.63) is 122 Å². The molecule has 0 aromatic rings. The van der Waals surface area contributed by atoms with Crippen LogP contribution in [0.5, 0.6) is 0 Å². The van der Waals surface area contributed by atoms with Gasteiger partial charge in [-0.1, -0.05) is 277 Å². The molecule has 3 atom stereocenters. The third-order valence-electron chi connectivity index (χ3n) is 13.7. The van der Waals surface area contributed by atoms with Crippen LogP contribution in [0.15, 0.2) is 122 Å². The molecule has 3 unspecified atom stereocenters. The normalized spacial score (nSPS) is 14.6. The average Bonchev–Trinajstić information content (AvgIpc) is 3.41. The molecular weight excluding hydrogens is 984 g/mol. The van der Waals surface area contributed by atoms with Crippen molar-refractivity contribution >= 4 is 13.7 Å². The molecule has 0 aromatic heterocycles. The summed E-state index contributed by atoms with van der Waals surface area (Å²) in [7, 11) is 1.24. The van der Waals surface area contributed by atoms with E-state index in [9.17, 15) is 19.4 Å². The molecule has 0 saturated heterocycles. The number of carbonyl (C=O) groups is 1. The molecule has 0 spiro atoms. The lowest BCUT2D eigenvalue weighted by molar-refractivity contribution is -0.870. The molecule has 0 aliphatic heterocycles. The molecule has 0 heterocycles. The van der Waals surface area contributed by atoms with Gasteiger partial charge in [-0.3, -0.25) is 9.36 Å². The molecule has 0 radical (unpaired) electrons. The average molecular weight is 1110 g/mol. The predicted octanol–water partition coefficient (Wildman–Crippen LogP) is 19.5. The maximum atomic E-state index is 13.0. The number of nitrogens with one attached hydrogen (secondary N) is 1. The Kier molecular flexibility index (Phi) is 56.2. The van der Waals surface area contributed by atoms with Crippen LogP contribution in [0.25, 0.3) is 0 Å². The number of nitrogens with zero attached hydrogens (tertiary/aromatic N) is 1. The summed E-state index contributed by atoms with van der Waals surface area (Å²) in [5.74, 6) is -0.210. The molecule has 448 valence electrons. The van der Waals surface area contributed by atoms with Gasteiger partial charge in [-0.05, 0) is 96.3 Å². The monoisotopic (exact) mass is 1100 g/mol. The lowest BCUT2D eigenvalue weighted by Crippen LogP contribution is -2.45. The van der Waals surface area contributed by atoms with Crippen LogP contribution in [0.1, 0.15) is 258 Å². The second kappa shape index (κ2) is 58.6. The molecule has 0 aromatic carbocycles. The van der Waals surface area contributed by atoms with Crippen LogP contribution in [-0.2, 0) is 18.4 Å². The van der Waals surface area contributed by atoms with Gasteiger partial charge in [0.05, 0.1) is 39.9 Å². The van der Waals surface area contributed by atoms with Gasteiger partial charge in [0.15, 0.2) is 0 Å². The number of hydrogen-bond donors (Lipinski definition) is 2. The Morgan fingerprint density at radius 2 is 0.795 bits per heavy atom. The number of aliphatic hydroxyl groups excluding tert-OH is 1. The smallest absolute Gasteiger partial charge is 0.268 e. The standard InChI is InChI=1S/C69H121N2O6P/c1-6-8-10-12-14-16-18-20-22-23-24-25-26-27-28-29-30-31-32-33-34-35-36-37-38-39-40-41-42-43-44-45-46-47-49-51-53-55-57-59-61-63-69(73)70-67(66-77-78(74,75)76-65-64-71(3,4)5)68(72)62-60-58-56-54-52-50-48-21-19-17-15-13-11-9-7-2/h8,10,14,16,20,22,24-25,27-28,30-31,33-34,36-37,52,54,60,62,67-68,72H,6-7,9,11-13,15,17-19,21,23,26,29,32,35,38-51,53,55-59,61,63-66H2,1-5H3,(H-,70,73,74,75)/b10-8-,16-14-,22-20-,25-24-,28-27-,31-30-,34-33-,37-36-,54-52+,62-60+. The second-order valence-electron chi connectivity index (χ2n) is 22.4. The first-order valence-corrected chi connectivity index (χ1v) is 33.4. The minimum Gasteiger partial charge on any atom is -0.756 e. The summed E-state index contributed by atoms with van der Waals surface area (Å²) in [5, 5.41) is 13.9. The fraction of sp³-hybridized carbons (Fsp3) is 0.696. The molecule has 9 heteroatoms. The zero-order valence-electron chi connectivity index (χ0n) is 51.1. The van der Waals surface area contributed by atoms with Crippen molar-refractivity contribution in [1.29, 1.82) is 0 Å². The van der Waals surface area contributed by atoms with Crippen LogP contribution in [0.2, 0.25) is 0 Å². The summed E-state index contributed by atoms with van der Waals surface area (Å²) in [6, 6.07) is -0.909. The van der Waals surface area contributed by atoms with E-state index in [1.807, 2.05) is 27.2 Å². The van der Waals surface area contributed by atoms with E-state index >= 15 is 0 Å². The van der Waals surface area contributed by atoms with Crippen molar-refractivity contribution < 1.29 is 32.9 Å². The quantitative estimate of drug-likeness (QED) is 0.0272. The number of unbranched alkanes of at least 4 members (excludes halogenated alkanes) is 26. The molecule has 0 saturated carbocycles. The second-order valence-corrected chi connectivity index (χ2v) is 23.8. The van der Waals surface area contributed by atoms with Crippen LogP contribution in [0, 0.1) is 0 Å². The first kappa shape index (κ1) is 74.9. The number of rotatable bonds is 57. The molecule has 0 fully saturated rings. The van der Waals surface area contributed by atoms with Gasteiger partial charge in [0, 0.05) is 6.42 Å². The Morgan fingerprint density at radius 3 is 1.19 bits per heavy atom. The molecule has 0 rings (SSSR count). The van der Waals surface area contributed by atoms with E-state index in [0.717, 1.165) is 89.9 Å². The minimum atomic E-state index is -4.61. The highest BCUT2D eigenvalue weighted by molar-refractivity contribution is 7.45. The third kappa shape index (κ3) is 60.5. The van der Waals surface area contributed by atoms with E-state index < -0.39 is 26.6 Å². The van der Waals surface area contributed by atoms with Gasteiger partial charge in [-0.15, -0.1) is 0 Å². The van der Waals surface area contributed by atoms with Crippen molar-refractivity contribution in [2.75, 3.05) is 40.9 Å². The molecule has 78 heavy (non-hydrogen) atoms. The van der Waals surface area contributed by atoms with Crippen molar-refractivity contribution in [3.63, 3.8) is 0 Å². The van der Waals surface area contributed by atoms with Crippen LogP contribution in [-0.4, -0.2) is 68.5 Å². The Balaban J connectivity index is 4.02. The van der Waals surface area contributed by atoms with Crippen LogP contribution < -0.4 is 10.2 Å². The summed E-state index contributed by atoms with van der Waals surface area (Å²) in [4.78, 5) is 25.5. The van der Waals surface area contributed by atoms with Gasteiger partial charge >= 0.3 is 0 Å². The number of likely N-dealkylation sites (N-methyl/N-ethyl adjacent to an activating group) is 1. The largest absolute Gasteiger partial charge is 0.756 e. The highest BCUT2D eigenvalue weighted by Gasteiger charge is 2.23. The summed E-state index contributed by atoms with van der Waals surface area (Å²) in [6.07, 6.45) is 87.3. The lowest BCUT2D eigenvalue weighted by atomic mass is 10.0. The highest BCUT2D eigenvalue weighted by atomic mass is 31.2. The maximum absolute atomic E-state index is 13.0. The SMILES string of the molecule is CC/C=C\C/C=C\C/C=C\C/C=C\C/C=C\C/C=C\C/C=C\C/C=C\CCCCCCCCCCCCCCCCCCC(=O)NC(COP(=O)([O-])OCC[N+](C)(C)C)C(O)/C=C/CC/C=C/CCCCCCCCCCC. The molecule has 0 aliphatic rings. The van der Waals surface area contributed by atoms with Gasteiger partial charge in [-0.2, -0.15) is 0 Å². The maximum Gasteiger partial charge on any atom is 0.268 e. The molecule has 0 aliphatic carbocycles. The number of quaternary nitrogens is 1. The van der Waals surface area contributed by atoms with Crippen molar-refractivity contribution in [2.24, 2.45) is 0 Å². The van der Waals surface area contributed by atoms with Crippen LogP contribution >= 0.6 is 7.82 Å². The Morgan fingerprint density at radius 1 is 0.462 bits per heavy atom. The predicted molar refractivity (Wildman–Crippen MR) is 339 cm³/mol. The Hall–Kier alpha value is -3.10. The van der Waals surface area contributed by atoms with Crippen LogP contribution in [0.3, 0.4) is 0 Å². The first-order chi connectivity index (χ1) is 38.0. The fourth-order valence-electron chi connectivity index (χ4n) is 8.71. The molecule has 2 N–H and O–H groups in total. The molecule has 1 amide bonds. The zero-order chi connectivity index (χ0) is 57.0. The van der Waals surface area contributed by atoms with Gasteiger partial charge in [-0.25, -0.2) is 0 Å². The van der Waals surface area contributed by atoms with Crippen molar-refractivity contribution in [1.82, 2.24) is 5.32 Å². The summed E-state index contributed by atoms with van der Waals surface area (Å²) in [5.41, 5.74) is 0. The zero-order valence-corrected chi connectivity index (χ0v) is 52.0. The Labute approximate surface area is 482 Å². The van der Waals surface area contributed by atoms with Gasteiger partial charge < -0.3 is 28.8 Å². The lowest BCUT2D eigenvalue weighted by Gasteiger charge is -2.29. The van der Waals surface area contributed by atoms with E-state index in [4.69, 9.17) is 9.05 Å². The Bertz CT molecular complexity index is 1680. The number of phosphoric ester groups is 1. The molecule has 8 nitrogen and oxygen atoms in total. The van der Waals surface area contributed by atoms with E-state index in [1.165, 1.54) is 148 Å². The number of carbonyl (C=O) groups excluding carboxylic acids is 1. The molecule has 0 bridgehead atoms. The summed E-state index contributed by atoms with van der Waals surface area (Å²) >= 11 is 0. The number of aliphatic hydroxyl groups is 1. The number of allylic oxidation sites excluding steroid dienone is 19. The topological polar surface area (TPSA) is 108 Å².